The van der Waals surface area contributed by atoms with Crippen LogP contribution in [0.25, 0.3) is 0 Å². The van der Waals surface area contributed by atoms with Gasteiger partial charge in [0, 0.05) is 43.7 Å². The molecule has 1 aromatic rings. The van der Waals surface area contributed by atoms with E-state index >= 15 is 0 Å². The molecule has 20 heavy (non-hydrogen) atoms. The van der Waals surface area contributed by atoms with Crippen molar-refractivity contribution in [3.8, 4) is 5.75 Å². The molecule has 3 atom stereocenters. The van der Waals surface area contributed by atoms with Crippen LogP contribution in [0.3, 0.4) is 0 Å². The first kappa shape index (κ1) is 13.9. The van der Waals surface area contributed by atoms with E-state index in [1.807, 2.05) is 0 Å². The second-order valence-corrected chi connectivity index (χ2v) is 6.13. The maximum Gasteiger partial charge on any atom is 0.124 e. The number of hydrogen-bond acceptors (Lipinski definition) is 3. The molecule has 3 unspecified atom stereocenters. The minimum absolute atomic E-state index is 0.536. The number of piperazine rings is 1. The van der Waals surface area contributed by atoms with E-state index in [2.05, 4.69) is 48.3 Å². The number of hydrogen-bond donors (Lipinski definition) is 1. The van der Waals surface area contributed by atoms with E-state index in [1.54, 1.807) is 0 Å². The Bertz CT molecular complexity index is 448. The molecule has 1 fully saturated rings. The average Bonchev–Trinajstić information content (AvgIpc) is 2.53. The molecule has 0 radical (unpaired) electrons. The Hall–Kier alpha value is -1.06. The Balaban J connectivity index is 1.76. The summed E-state index contributed by atoms with van der Waals surface area (Å²) in [4.78, 5) is 2.66. The van der Waals surface area contributed by atoms with Gasteiger partial charge in [0.1, 0.15) is 5.75 Å². The Morgan fingerprint density at radius 1 is 1.40 bits per heavy atom. The summed E-state index contributed by atoms with van der Waals surface area (Å²) in [6.45, 7) is 8.90. The highest BCUT2D eigenvalue weighted by molar-refractivity contribution is 5.37. The van der Waals surface area contributed by atoms with E-state index in [4.69, 9.17) is 4.74 Å². The van der Waals surface area contributed by atoms with Gasteiger partial charge in [0.2, 0.25) is 0 Å². The molecular weight excluding hydrogens is 248 g/mol. The van der Waals surface area contributed by atoms with Crippen molar-refractivity contribution in [2.24, 2.45) is 5.92 Å². The van der Waals surface area contributed by atoms with Crippen molar-refractivity contribution in [1.82, 2.24) is 10.2 Å². The van der Waals surface area contributed by atoms with Crippen molar-refractivity contribution in [2.45, 2.75) is 38.8 Å². The number of nitrogens with one attached hydrogen (secondary N) is 1. The van der Waals surface area contributed by atoms with E-state index in [1.165, 1.54) is 12.0 Å². The molecule has 0 spiro atoms. The van der Waals surface area contributed by atoms with Gasteiger partial charge in [-0.15, -0.1) is 0 Å². The maximum atomic E-state index is 5.80. The van der Waals surface area contributed by atoms with Crippen molar-refractivity contribution in [2.75, 3.05) is 26.2 Å². The molecule has 2 heterocycles. The van der Waals surface area contributed by atoms with Gasteiger partial charge in [0.05, 0.1) is 6.61 Å². The summed E-state index contributed by atoms with van der Waals surface area (Å²) in [6, 6.07) is 9.71. The molecule has 3 nitrogen and oxygen atoms in total. The smallest absolute Gasteiger partial charge is 0.124 e. The highest BCUT2D eigenvalue weighted by Crippen LogP contribution is 2.36. The molecule has 1 N–H and O–H groups in total. The van der Waals surface area contributed by atoms with Gasteiger partial charge >= 0.3 is 0 Å². The zero-order valence-corrected chi connectivity index (χ0v) is 12.6. The summed E-state index contributed by atoms with van der Waals surface area (Å²) in [6.07, 6.45) is 2.36. The number of rotatable bonds is 3. The standard InChI is InChI=1S/C17H26N2O/c1-3-13(2)15-12-19(10-9-18-15)16-8-11-20-17-7-5-4-6-14(16)17/h4-7,13,15-16,18H,3,8-12H2,1-2H3. The second kappa shape index (κ2) is 6.15. The second-order valence-electron chi connectivity index (χ2n) is 6.13. The molecule has 2 aliphatic rings. The third kappa shape index (κ3) is 2.70. The van der Waals surface area contributed by atoms with Crippen LogP contribution in [0.4, 0.5) is 0 Å². The molecule has 0 saturated carbocycles. The van der Waals surface area contributed by atoms with E-state index in [0.717, 1.165) is 44.3 Å². The largest absolute Gasteiger partial charge is 0.493 e. The Kier molecular flexibility index (Phi) is 4.27. The average molecular weight is 274 g/mol. The van der Waals surface area contributed by atoms with Crippen LogP contribution >= 0.6 is 0 Å². The molecule has 3 rings (SSSR count). The zero-order valence-electron chi connectivity index (χ0n) is 12.6. The molecule has 1 saturated heterocycles. The van der Waals surface area contributed by atoms with Crippen LogP contribution in [0, 0.1) is 5.92 Å². The summed E-state index contributed by atoms with van der Waals surface area (Å²) in [7, 11) is 0. The quantitative estimate of drug-likeness (QED) is 0.917. The van der Waals surface area contributed by atoms with Crippen molar-refractivity contribution in [3.63, 3.8) is 0 Å². The van der Waals surface area contributed by atoms with E-state index in [-0.39, 0.29) is 0 Å². The van der Waals surface area contributed by atoms with Gasteiger partial charge in [-0.25, -0.2) is 0 Å². The van der Waals surface area contributed by atoms with E-state index in [0.29, 0.717) is 12.1 Å². The lowest BCUT2D eigenvalue weighted by molar-refractivity contribution is 0.0927. The van der Waals surface area contributed by atoms with E-state index in [9.17, 15) is 0 Å². The SMILES string of the molecule is CCC(C)C1CN(C2CCOc3ccccc32)CCN1. The predicted molar refractivity (Wildman–Crippen MR) is 82.1 cm³/mol. The summed E-state index contributed by atoms with van der Waals surface area (Å²) in [5.41, 5.74) is 1.38. The predicted octanol–water partition coefficient (Wildman–Crippen LogP) is 2.83. The van der Waals surface area contributed by atoms with Crippen molar-refractivity contribution in [1.29, 1.82) is 0 Å². The Morgan fingerprint density at radius 2 is 2.25 bits per heavy atom. The number of nitrogens with zero attached hydrogens (tertiary/aromatic N) is 1. The molecule has 0 bridgehead atoms. The third-order valence-electron chi connectivity index (χ3n) is 4.94. The third-order valence-corrected chi connectivity index (χ3v) is 4.94. The van der Waals surface area contributed by atoms with Crippen LogP contribution in [0.15, 0.2) is 24.3 Å². The minimum atomic E-state index is 0.536. The Morgan fingerprint density at radius 3 is 3.10 bits per heavy atom. The normalized spacial score (nSPS) is 28.5. The molecule has 1 aromatic carbocycles. The molecular formula is C17H26N2O. The summed E-state index contributed by atoms with van der Waals surface area (Å²) in [5, 5.41) is 3.69. The van der Waals surface area contributed by atoms with Crippen LogP contribution in [-0.2, 0) is 0 Å². The van der Waals surface area contributed by atoms with Crippen LogP contribution in [-0.4, -0.2) is 37.2 Å². The first-order valence-electron chi connectivity index (χ1n) is 7.98. The molecule has 110 valence electrons. The molecule has 3 heteroatoms. The molecule has 0 aromatic heterocycles. The van der Waals surface area contributed by atoms with Crippen LogP contribution < -0.4 is 10.1 Å². The van der Waals surface area contributed by atoms with Crippen LogP contribution in [0.1, 0.15) is 38.3 Å². The zero-order chi connectivity index (χ0) is 13.9. The fraction of sp³-hybridized carbons (Fsp3) is 0.647. The Labute approximate surface area is 122 Å². The topological polar surface area (TPSA) is 24.5 Å². The lowest BCUT2D eigenvalue weighted by atomic mass is 9.93. The van der Waals surface area contributed by atoms with Gasteiger partial charge in [-0.3, -0.25) is 4.90 Å². The number of benzene rings is 1. The molecule has 2 aliphatic heterocycles. The fourth-order valence-electron chi connectivity index (χ4n) is 3.45. The highest BCUT2D eigenvalue weighted by Gasteiger charge is 2.31. The summed E-state index contributed by atoms with van der Waals surface area (Å²) < 4.78 is 5.80. The number of para-hydroxylation sites is 1. The highest BCUT2D eigenvalue weighted by atomic mass is 16.5. The fourth-order valence-corrected chi connectivity index (χ4v) is 3.45. The maximum absolute atomic E-state index is 5.80. The monoisotopic (exact) mass is 274 g/mol. The minimum Gasteiger partial charge on any atom is -0.493 e. The van der Waals surface area contributed by atoms with Gasteiger partial charge < -0.3 is 10.1 Å². The van der Waals surface area contributed by atoms with Gasteiger partial charge in [-0.05, 0) is 12.0 Å². The molecule has 0 aliphatic carbocycles. The number of ether oxygens (including phenoxy) is 1. The van der Waals surface area contributed by atoms with Crippen LogP contribution in [0.5, 0.6) is 5.75 Å². The first-order valence-corrected chi connectivity index (χ1v) is 7.98. The van der Waals surface area contributed by atoms with Gasteiger partial charge in [-0.2, -0.15) is 0 Å². The summed E-state index contributed by atoms with van der Waals surface area (Å²) >= 11 is 0. The van der Waals surface area contributed by atoms with Crippen molar-refractivity contribution in [3.05, 3.63) is 29.8 Å². The van der Waals surface area contributed by atoms with Gasteiger partial charge in [0.25, 0.3) is 0 Å². The lowest BCUT2D eigenvalue weighted by Gasteiger charge is -2.42. The summed E-state index contributed by atoms with van der Waals surface area (Å²) in [5.74, 6) is 1.83. The van der Waals surface area contributed by atoms with Crippen molar-refractivity contribution >= 4 is 0 Å². The van der Waals surface area contributed by atoms with Crippen LogP contribution in [0.2, 0.25) is 0 Å². The van der Waals surface area contributed by atoms with Crippen molar-refractivity contribution < 1.29 is 4.74 Å². The first-order chi connectivity index (χ1) is 9.79. The number of fused-ring (bicyclic) bond motifs is 1. The van der Waals surface area contributed by atoms with Gasteiger partial charge in [-0.1, -0.05) is 38.5 Å². The lowest BCUT2D eigenvalue weighted by Crippen LogP contribution is -2.54. The van der Waals surface area contributed by atoms with E-state index < -0.39 is 0 Å². The van der Waals surface area contributed by atoms with Gasteiger partial charge in [0.15, 0.2) is 0 Å². The molecule has 0 amide bonds.